The fourth-order valence-electron chi connectivity index (χ4n) is 9.36. The molecule has 1 unspecified atom stereocenters. The second-order valence-electron chi connectivity index (χ2n) is 21.0. The summed E-state index contributed by atoms with van der Waals surface area (Å²) in [5.74, 6) is -7.02. The lowest BCUT2D eigenvalue weighted by atomic mass is 9.86. The van der Waals surface area contributed by atoms with Gasteiger partial charge in [0.05, 0.1) is 50.7 Å². The highest BCUT2D eigenvalue weighted by molar-refractivity contribution is 5.71. The van der Waals surface area contributed by atoms with E-state index in [1.807, 2.05) is 41.3 Å². The Bertz CT molecular complexity index is 2040. The Morgan fingerprint density at radius 2 is 0.942 bits per heavy atom. The Balaban J connectivity index is 1.91. The van der Waals surface area contributed by atoms with E-state index in [9.17, 15) is 59.4 Å². The SMILES string of the molecule is CC(C)(C)CN1CCCN(CC(=O)O)CCN(CC(=O)O)CC(c2cc3nc(c2)CN(CC(=O)O)[C@@H](Cc2ccc(C(C)(C)C)cc2)CN(CC(=O)O)CCN(CC(=O)O)C3)CN(CC(=O)O)CC1. The lowest BCUT2D eigenvalue weighted by Gasteiger charge is -2.37. The molecule has 0 amide bonds. The molecule has 0 saturated carbocycles. The molecule has 20 nitrogen and oxygen atoms in total. The van der Waals surface area contributed by atoms with Gasteiger partial charge in [-0.15, -0.1) is 0 Å². The van der Waals surface area contributed by atoms with Gasteiger partial charge in [0.25, 0.3) is 0 Å². The maximum atomic E-state index is 12.7. The van der Waals surface area contributed by atoms with Gasteiger partial charge >= 0.3 is 35.8 Å². The van der Waals surface area contributed by atoms with Crippen molar-refractivity contribution in [2.45, 2.75) is 84.8 Å². The summed E-state index contributed by atoms with van der Waals surface area (Å²) in [6, 6.07) is 11.1. The van der Waals surface area contributed by atoms with Crippen LogP contribution in [0.4, 0.5) is 0 Å². The van der Waals surface area contributed by atoms with Crippen molar-refractivity contribution in [1.82, 2.24) is 39.3 Å². The zero-order valence-corrected chi connectivity index (χ0v) is 41.4. The zero-order valence-electron chi connectivity index (χ0n) is 41.4. The molecule has 384 valence electrons. The molecule has 1 fully saturated rings. The van der Waals surface area contributed by atoms with E-state index < -0.39 is 60.9 Å². The number of pyridine rings is 1. The quantitative estimate of drug-likeness (QED) is 0.141. The molecule has 0 spiro atoms. The minimum atomic E-state index is -1.11. The second kappa shape index (κ2) is 26.2. The summed E-state index contributed by atoms with van der Waals surface area (Å²) in [5, 5.41) is 60.7. The number of carboxylic acids is 6. The minimum Gasteiger partial charge on any atom is -0.480 e. The Labute approximate surface area is 406 Å². The molecule has 2 aromatic rings. The normalized spacial score (nSPS) is 20.6. The summed E-state index contributed by atoms with van der Waals surface area (Å²) in [6.07, 6.45) is 0.993. The Hall–Kier alpha value is -5.09. The Kier molecular flexibility index (Phi) is 21.5. The van der Waals surface area contributed by atoms with Crippen molar-refractivity contribution in [1.29, 1.82) is 0 Å². The average Bonchev–Trinajstić information content (AvgIpc) is 3.20. The molecule has 2 aliphatic heterocycles. The van der Waals surface area contributed by atoms with Crippen LogP contribution >= 0.6 is 0 Å². The third kappa shape index (κ3) is 21.2. The molecule has 20 heteroatoms. The largest absolute Gasteiger partial charge is 0.480 e. The first-order valence-electron chi connectivity index (χ1n) is 23.8. The lowest BCUT2D eigenvalue weighted by Crippen LogP contribution is -2.50. The van der Waals surface area contributed by atoms with E-state index in [-0.39, 0.29) is 95.9 Å². The fourth-order valence-corrected chi connectivity index (χ4v) is 9.36. The van der Waals surface area contributed by atoms with Crippen molar-refractivity contribution < 1.29 is 59.4 Å². The first-order chi connectivity index (χ1) is 32.3. The van der Waals surface area contributed by atoms with Gasteiger partial charge in [0, 0.05) is 97.0 Å². The van der Waals surface area contributed by atoms with E-state index in [0.29, 0.717) is 62.5 Å². The van der Waals surface area contributed by atoms with Gasteiger partial charge in [-0.25, -0.2) is 0 Å². The predicted octanol–water partition coefficient (Wildman–Crippen LogP) is 2.16. The molecule has 6 N–H and O–H groups in total. The molecular formula is C49H76N8O12. The van der Waals surface area contributed by atoms with Crippen LogP contribution in [0.25, 0.3) is 0 Å². The molecule has 0 radical (unpaired) electrons. The van der Waals surface area contributed by atoms with Crippen molar-refractivity contribution >= 4 is 35.8 Å². The van der Waals surface area contributed by atoms with Gasteiger partial charge in [0.15, 0.2) is 0 Å². The molecule has 4 rings (SSSR count). The predicted molar refractivity (Wildman–Crippen MR) is 257 cm³/mol. The van der Waals surface area contributed by atoms with Crippen LogP contribution in [0.3, 0.4) is 0 Å². The van der Waals surface area contributed by atoms with Gasteiger partial charge in [0.2, 0.25) is 0 Å². The fraction of sp³-hybridized carbons (Fsp3) is 0.653. The van der Waals surface area contributed by atoms with Gasteiger partial charge in [-0.3, -0.25) is 63.2 Å². The number of benzene rings is 1. The summed E-state index contributed by atoms with van der Waals surface area (Å²) < 4.78 is 0. The van der Waals surface area contributed by atoms with Crippen LogP contribution < -0.4 is 0 Å². The van der Waals surface area contributed by atoms with E-state index in [1.54, 1.807) is 24.5 Å². The Morgan fingerprint density at radius 1 is 0.522 bits per heavy atom. The highest BCUT2D eigenvalue weighted by Crippen LogP contribution is 2.27. The summed E-state index contributed by atoms with van der Waals surface area (Å²) in [4.78, 5) is 92.0. The van der Waals surface area contributed by atoms with Gasteiger partial charge < -0.3 is 35.5 Å². The summed E-state index contributed by atoms with van der Waals surface area (Å²) >= 11 is 0. The van der Waals surface area contributed by atoms with Gasteiger partial charge in [-0.1, -0.05) is 65.8 Å². The topological polar surface area (TPSA) is 259 Å². The first kappa shape index (κ1) is 56.5. The van der Waals surface area contributed by atoms with Crippen molar-refractivity contribution in [3.8, 4) is 0 Å². The number of aromatic nitrogens is 1. The molecule has 2 atom stereocenters. The minimum absolute atomic E-state index is 0.00592. The highest BCUT2D eigenvalue weighted by atomic mass is 16.4. The zero-order chi connectivity index (χ0) is 51.1. The smallest absolute Gasteiger partial charge is 0.317 e. The molecule has 2 bridgehead atoms. The first-order valence-corrected chi connectivity index (χ1v) is 23.8. The summed E-state index contributed by atoms with van der Waals surface area (Å²) in [5.41, 5.74) is 3.33. The van der Waals surface area contributed by atoms with E-state index in [0.717, 1.165) is 11.1 Å². The molecule has 0 aliphatic carbocycles. The van der Waals surface area contributed by atoms with Crippen molar-refractivity contribution in [2.24, 2.45) is 5.41 Å². The number of rotatable bonds is 16. The lowest BCUT2D eigenvalue weighted by molar-refractivity contribution is -0.141. The van der Waals surface area contributed by atoms with Crippen molar-refractivity contribution in [3.63, 3.8) is 0 Å². The molecule has 69 heavy (non-hydrogen) atoms. The molecule has 3 heterocycles. The van der Waals surface area contributed by atoms with Gasteiger partial charge in [-0.2, -0.15) is 0 Å². The molecular weight excluding hydrogens is 893 g/mol. The van der Waals surface area contributed by atoms with Crippen LogP contribution in [0.15, 0.2) is 36.4 Å². The summed E-state index contributed by atoms with van der Waals surface area (Å²) in [7, 11) is 0. The van der Waals surface area contributed by atoms with E-state index >= 15 is 0 Å². The van der Waals surface area contributed by atoms with Crippen LogP contribution in [0.2, 0.25) is 0 Å². The van der Waals surface area contributed by atoms with Crippen molar-refractivity contribution in [3.05, 3.63) is 64.5 Å². The van der Waals surface area contributed by atoms with Crippen LogP contribution in [0.5, 0.6) is 0 Å². The number of carbonyl (C=O) groups is 6. The van der Waals surface area contributed by atoms with E-state index in [1.165, 1.54) is 0 Å². The van der Waals surface area contributed by atoms with Crippen LogP contribution in [0.1, 0.15) is 82.0 Å². The highest BCUT2D eigenvalue weighted by Gasteiger charge is 2.30. The number of hydrogen-bond donors (Lipinski definition) is 6. The van der Waals surface area contributed by atoms with Crippen LogP contribution in [-0.2, 0) is 53.7 Å². The maximum absolute atomic E-state index is 12.7. The third-order valence-electron chi connectivity index (χ3n) is 12.4. The summed E-state index contributed by atoms with van der Waals surface area (Å²) in [6.45, 7) is 14.4. The van der Waals surface area contributed by atoms with Crippen molar-refractivity contribution in [2.75, 3.05) is 118 Å². The van der Waals surface area contributed by atoms with Crippen LogP contribution in [-0.4, -0.2) is 230 Å². The number of hydrogen-bond acceptors (Lipinski definition) is 14. The standard InChI is InChI=1S/C49H76N8O12/c1-48(2,3)34-52-13-7-12-51(28-42(58)59)14-16-53(29-43(60)61)23-37(24-54(17-15-52)30-44(62)63)36-21-39-25-55(31-45(64)65)18-19-56(32-46(66)67)27-41(57(33-47(68)69)26-40(22-36)50-39)20-35-8-10-38(11-9-35)49(4,5)6/h8-11,21-22,37,41H,7,12-20,23-34H2,1-6H3,(H,58,59)(H,60,61)(H,62,63)(H,64,65)(H,66,67)(H,68,69)/t37?,41-/m0/s1. The molecule has 2 aliphatic rings. The average molecular weight is 969 g/mol. The molecule has 1 aromatic heterocycles. The Morgan fingerprint density at radius 3 is 1.43 bits per heavy atom. The molecule has 1 aromatic carbocycles. The monoisotopic (exact) mass is 969 g/mol. The number of nitrogens with zero attached hydrogens (tertiary/aromatic N) is 8. The second-order valence-corrected chi connectivity index (χ2v) is 21.0. The van der Waals surface area contributed by atoms with Crippen LogP contribution in [0, 0.1) is 5.41 Å². The number of carboxylic acid groups (broad SMARTS) is 6. The number of fused-ring (bicyclic) bond motifs is 2. The molecule has 1 saturated heterocycles. The maximum Gasteiger partial charge on any atom is 0.317 e. The third-order valence-corrected chi connectivity index (χ3v) is 12.4. The van der Waals surface area contributed by atoms with E-state index in [2.05, 4.69) is 46.4 Å². The van der Waals surface area contributed by atoms with Gasteiger partial charge in [0.1, 0.15) is 0 Å². The van der Waals surface area contributed by atoms with E-state index in [4.69, 9.17) is 4.98 Å². The van der Waals surface area contributed by atoms with Gasteiger partial charge in [-0.05, 0) is 59.0 Å². The number of aliphatic carboxylic acids is 6.